The van der Waals surface area contributed by atoms with Gasteiger partial charge in [0.15, 0.2) is 0 Å². The van der Waals surface area contributed by atoms with Crippen LogP contribution in [0.25, 0.3) is 0 Å². The molecule has 0 amide bonds. The maximum Gasteiger partial charge on any atom is 0.309 e. The molecule has 0 N–H and O–H groups in total. The van der Waals surface area contributed by atoms with Gasteiger partial charge >= 0.3 is 5.97 Å². The summed E-state index contributed by atoms with van der Waals surface area (Å²) in [5.41, 5.74) is 0. The van der Waals surface area contributed by atoms with Crippen molar-refractivity contribution in [3.05, 3.63) is 0 Å². The Hall–Kier alpha value is 0.120. The van der Waals surface area contributed by atoms with Gasteiger partial charge in [0.2, 0.25) is 0 Å². The summed E-state index contributed by atoms with van der Waals surface area (Å²) in [7, 11) is 1.69. The zero-order valence-electron chi connectivity index (χ0n) is 10.5. The van der Waals surface area contributed by atoms with Gasteiger partial charge in [0.25, 0.3) is 0 Å². The molecule has 5 heteroatoms. The number of methoxy groups -OCH3 is 1. The van der Waals surface area contributed by atoms with E-state index in [1.807, 2.05) is 6.92 Å². The molecule has 3 atom stereocenters. The molecule has 0 bridgehead atoms. The molecule has 0 aliphatic heterocycles. The molecule has 1 aliphatic carbocycles. The number of hydrogen-bond donors (Lipinski definition) is 0. The largest absolute Gasteiger partial charge is 0.466 e. The first kappa shape index (κ1) is 15.2. The number of rotatable bonds is 7. The standard InChI is InChI=1S/C12H21IO4/c1-3-16-12(14)9-7-10(13)11(8-9)17-6-4-5-15-2/h9-11H,3-8H2,1-2H3. The summed E-state index contributed by atoms with van der Waals surface area (Å²) in [6.07, 6.45) is 2.75. The lowest BCUT2D eigenvalue weighted by atomic mass is 10.1. The van der Waals surface area contributed by atoms with E-state index in [1.54, 1.807) is 7.11 Å². The summed E-state index contributed by atoms with van der Waals surface area (Å²) in [6.45, 7) is 3.72. The third-order valence-electron chi connectivity index (χ3n) is 2.87. The van der Waals surface area contributed by atoms with Crippen LogP contribution in [0.5, 0.6) is 0 Å². The van der Waals surface area contributed by atoms with E-state index in [-0.39, 0.29) is 18.0 Å². The highest BCUT2D eigenvalue weighted by Crippen LogP contribution is 2.34. The molecule has 0 aromatic rings. The topological polar surface area (TPSA) is 44.8 Å². The lowest BCUT2D eigenvalue weighted by Crippen LogP contribution is -2.19. The molecule has 3 unspecified atom stereocenters. The van der Waals surface area contributed by atoms with Crippen molar-refractivity contribution in [1.29, 1.82) is 0 Å². The van der Waals surface area contributed by atoms with Crippen molar-refractivity contribution < 1.29 is 19.0 Å². The van der Waals surface area contributed by atoms with E-state index in [4.69, 9.17) is 14.2 Å². The normalized spacial score (nSPS) is 28.3. The Morgan fingerprint density at radius 1 is 1.35 bits per heavy atom. The van der Waals surface area contributed by atoms with Crippen molar-refractivity contribution in [3.8, 4) is 0 Å². The van der Waals surface area contributed by atoms with E-state index in [1.165, 1.54) is 0 Å². The monoisotopic (exact) mass is 356 g/mol. The molecule has 0 heterocycles. The Kier molecular flexibility index (Phi) is 7.38. The Bertz CT molecular complexity index is 235. The summed E-state index contributed by atoms with van der Waals surface area (Å²) < 4.78 is 16.2. The van der Waals surface area contributed by atoms with Crippen LogP contribution in [0.15, 0.2) is 0 Å². The zero-order valence-corrected chi connectivity index (χ0v) is 12.6. The van der Waals surface area contributed by atoms with E-state index in [0.29, 0.717) is 17.1 Å². The molecule has 17 heavy (non-hydrogen) atoms. The molecular formula is C12H21IO4. The van der Waals surface area contributed by atoms with Crippen LogP contribution in [0.4, 0.5) is 0 Å². The van der Waals surface area contributed by atoms with Crippen molar-refractivity contribution in [2.24, 2.45) is 5.92 Å². The van der Waals surface area contributed by atoms with Crippen LogP contribution in [-0.2, 0) is 19.0 Å². The zero-order chi connectivity index (χ0) is 12.7. The lowest BCUT2D eigenvalue weighted by molar-refractivity contribution is -0.148. The summed E-state index contributed by atoms with van der Waals surface area (Å²) in [5.74, 6) is -0.0542. The van der Waals surface area contributed by atoms with Crippen molar-refractivity contribution >= 4 is 28.6 Å². The van der Waals surface area contributed by atoms with E-state index in [2.05, 4.69) is 22.6 Å². The van der Waals surface area contributed by atoms with E-state index < -0.39 is 0 Å². The predicted octanol–water partition coefficient (Wildman–Crippen LogP) is 2.18. The summed E-state index contributed by atoms with van der Waals surface area (Å²) in [4.78, 5) is 11.6. The van der Waals surface area contributed by atoms with Gasteiger partial charge in [-0.1, -0.05) is 22.6 Å². The second-order valence-electron chi connectivity index (χ2n) is 4.19. The second-order valence-corrected chi connectivity index (χ2v) is 5.79. The van der Waals surface area contributed by atoms with Crippen LogP contribution in [0.2, 0.25) is 0 Å². The van der Waals surface area contributed by atoms with E-state index >= 15 is 0 Å². The van der Waals surface area contributed by atoms with Crippen molar-refractivity contribution in [3.63, 3.8) is 0 Å². The van der Waals surface area contributed by atoms with Crippen LogP contribution in [-0.4, -0.2) is 42.9 Å². The Labute approximate surface area is 117 Å². The molecule has 0 saturated heterocycles. The maximum absolute atomic E-state index is 11.6. The smallest absolute Gasteiger partial charge is 0.309 e. The highest BCUT2D eigenvalue weighted by Gasteiger charge is 2.37. The average Bonchev–Trinajstić information content (AvgIpc) is 2.67. The van der Waals surface area contributed by atoms with Crippen LogP contribution in [0.1, 0.15) is 26.2 Å². The van der Waals surface area contributed by atoms with Crippen LogP contribution < -0.4 is 0 Å². The summed E-state index contributed by atoms with van der Waals surface area (Å²) in [5, 5.41) is 0. The fourth-order valence-corrected chi connectivity index (χ4v) is 3.13. The fraction of sp³-hybridized carbons (Fsp3) is 0.917. The lowest BCUT2D eigenvalue weighted by Gasteiger charge is -2.14. The third-order valence-corrected chi connectivity index (χ3v) is 4.19. The molecule has 0 aromatic heterocycles. The Morgan fingerprint density at radius 3 is 2.76 bits per heavy atom. The molecule has 1 aliphatic rings. The number of ether oxygens (including phenoxy) is 3. The molecule has 100 valence electrons. The molecule has 4 nitrogen and oxygen atoms in total. The molecule has 1 rings (SSSR count). The third kappa shape index (κ3) is 5.09. The van der Waals surface area contributed by atoms with Crippen molar-refractivity contribution in [2.75, 3.05) is 26.9 Å². The molecule has 0 aromatic carbocycles. The maximum atomic E-state index is 11.6. The van der Waals surface area contributed by atoms with Gasteiger partial charge in [0.1, 0.15) is 0 Å². The second kappa shape index (κ2) is 8.26. The number of alkyl halides is 1. The summed E-state index contributed by atoms with van der Waals surface area (Å²) in [6, 6.07) is 0. The average molecular weight is 356 g/mol. The molecule has 0 radical (unpaired) electrons. The molecular weight excluding hydrogens is 335 g/mol. The van der Waals surface area contributed by atoms with Gasteiger partial charge in [-0.05, 0) is 26.2 Å². The minimum Gasteiger partial charge on any atom is -0.466 e. The number of carbonyl (C=O) groups is 1. The van der Waals surface area contributed by atoms with Gasteiger partial charge in [-0.15, -0.1) is 0 Å². The number of hydrogen-bond acceptors (Lipinski definition) is 4. The molecule has 1 saturated carbocycles. The number of carbonyl (C=O) groups excluding carboxylic acids is 1. The SMILES string of the molecule is CCOC(=O)C1CC(I)C(OCCCOC)C1. The quantitative estimate of drug-likeness (QED) is 0.304. The van der Waals surface area contributed by atoms with E-state index in [9.17, 15) is 4.79 Å². The Morgan fingerprint density at radius 2 is 2.12 bits per heavy atom. The van der Waals surface area contributed by atoms with Gasteiger partial charge in [-0.3, -0.25) is 4.79 Å². The van der Waals surface area contributed by atoms with Crippen LogP contribution in [0, 0.1) is 5.92 Å². The van der Waals surface area contributed by atoms with Gasteiger partial charge in [-0.2, -0.15) is 0 Å². The van der Waals surface area contributed by atoms with Crippen molar-refractivity contribution in [2.45, 2.75) is 36.2 Å². The van der Waals surface area contributed by atoms with Gasteiger partial charge in [0.05, 0.1) is 18.6 Å². The highest BCUT2D eigenvalue weighted by molar-refractivity contribution is 14.1. The predicted molar refractivity (Wildman–Crippen MR) is 73.4 cm³/mol. The Balaban J connectivity index is 2.26. The highest BCUT2D eigenvalue weighted by atomic mass is 127. The number of halogens is 1. The first-order valence-corrected chi connectivity index (χ1v) is 7.34. The number of esters is 1. The van der Waals surface area contributed by atoms with Gasteiger partial charge < -0.3 is 14.2 Å². The fourth-order valence-electron chi connectivity index (χ4n) is 2.01. The summed E-state index contributed by atoms with van der Waals surface area (Å²) >= 11 is 2.37. The van der Waals surface area contributed by atoms with Gasteiger partial charge in [0, 0.05) is 24.2 Å². The van der Waals surface area contributed by atoms with Crippen LogP contribution in [0.3, 0.4) is 0 Å². The first-order chi connectivity index (χ1) is 8.19. The van der Waals surface area contributed by atoms with Crippen LogP contribution >= 0.6 is 22.6 Å². The minimum atomic E-state index is -0.0721. The molecule has 0 spiro atoms. The van der Waals surface area contributed by atoms with Gasteiger partial charge in [-0.25, -0.2) is 0 Å². The van der Waals surface area contributed by atoms with Crippen molar-refractivity contribution in [1.82, 2.24) is 0 Å². The van der Waals surface area contributed by atoms with E-state index in [0.717, 1.165) is 25.9 Å². The minimum absolute atomic E-state index is 0.0178. The first-order valence-electron chi connectivity index (χ1n) is 6.10. The molecule has 1 fully saturated rings.